The molecule has 0 aliphatic carbocycles. The molecule has 0 unspecified atom stereocenters. The van der Waals surface area contributed by atoms with Gasteiger partial charge in [0.05, 0.1) is 6.21 Å². The maximum absolute atomic E-state index is 11.9. The Morgan fingerprint density at radius 1 is 1.18 bits per heavy atom. The number of benzene rings is 2. The fourth-order valence-corrected chi connectivity index (χ4v) is 2.31. The van der Waals surface area contributed by atoms with Crippen LogP contribution in [0.2, 0.25) is 0 Å². The average Bonchev–Trinajstić information content (AvgIpc) is 2.85. The minimum absolute atomic E-state index is 0.121. The summed E-state index contributed by atoms with van der Waals surface area (Å²) in [6, 6.07) is 14.0. The summed E-state index contributed by atoms with van der Waals surface area (Å²) in [6.45, 7) is 0. The van der Waals surface area contributed by atoms with Crippen molar-refractivity contribution in [1.82, 2.24) is 9.99 Å². The molecule has 5 heteroatoms. The van der Waals surface area contributed by atoms with Crippen LogP contribution >= 0.6 is 0 Å². The molecule has 2 N–H and O–H groups in total. The first-order valence-electron chi connectivity index (χ1n) is 6.81. The number of aryl methyl sites for hydroxylation is 1. The minimum Gasteiger partial charge on any atom is -0.508 e. The second kappa shape index (κ2) is 5.73. The molecule has 3 aromatic rings. The Kier molecular flexibility index (Phi) is 3.62. The van der Waals surface area contributed by atoms with Gasteiger partial charge in [0.15, 0.2) is 0 Å². The van der Waals surface area contributed by atoms with Crippen molar-refractivity contribution in [2.45, 2.75) is 0 Å². The molecule has 0 atom stereocenters. The standard InChI is InChI=1S/C17H15N3O2/c1-20-11-13(15-4-2-3-5-16(15)20)10-18-19-17(22)12-6-8-14(21)9-7-12/h2-11,21H,1H3,(H,19,22)/b18-10+. The number of aromatic nitrogens is 1. The van der Waals surface area contributed by atoms with Crippen LogP contribution in [0.4, 0.5) is 0 Å². The third-order valence-electron chi connectivity index (χ3n) is 3.43. The van der Waals surface area contributed by atoms with Crippen molar-refractivity contribution in [3.63, 3.8) is 0 Å². The lowest BCUT2D eigenvalue weighted by atomic mass is 10.2. The zero-order valence-electron chi connectivity index (χ0n) is 12.0. The lowest BCUT2D eigenvalue weighted by Gasteiger charge is -1.99. The monoisotopic (exact) mass is 293 g/mol. The number of hydrogen-bond acceptors (Lipinski definition) is 3. The van der Waals surface area contributed by atoms with Gasteiger partial charge in [0.25, 0.3) is 5.91 Å². The second-order valence-electron chi connectivity index (χ2n) is 4.96. The number of nitrogens with zero attached hydrogens (tertiary/aromatic N) is 2. The highest BCUT2D eigenvalue weighted by molar-refractivity contribution is 6.00. The number of carbonyl (C=O) groups excluding carboxylic acids is 1. The van der Waals surface area contributed by atoms with Gasteiger partial charge in [0, 0.05) is 35.3 Å². The summed E-state index contributed by atoms with van der Waals surface area (Å²) < 4.78 is 2.01. The van der Waals surface area contributed by atoms with Gasteiger partial charge in [0.1, 0.15) is 5.75 Å². The number of aromatic hydroxyl groups is 1. The molecule has 5 nitrogen and oxygen atoms in total. The summed E-state index contributed by atoms with van der Waals surface area (Å²) in [6.07, 6.45) is 3.58. The van der Waals surface area contributed by atoms with E-state index in [9.17, 15) is 9.90 Å². The van der Waals surface area contributed by atoms with E-state index in [-0.39, 0.29) is 11.7 Å². The van der Waals surface area contributed by atoms with Crippen LogP contribution < -0.4 is 5.43 Å². The number of phenols is 1. The molecule has 1 heterocycles. The first kappa shape index (κ1) is 13.9. The van der Waals surface area contributed by atoms with Crippen LogP contribution in [0.1, 0.15) is 15.9 Å². The Morgan fingerprint density at radius 3 is 2.68 bits per heavy atom. The first-order chi connectivity index (χ1) is 10.6. The molecule has 110 valence electrons. The van der Waals surface area contributed by atoms with Crippen LogP contribution in [0.25, 0.3) is 10.9 Å². The molecule has 0 saturated heterocycles. The Balaban J connectivity index is 1.76. The number of para-hydroxylation sites is 1. The van der Waals surface area contributed by atoms with Crippen molar-refractivity contribution in [3.05, 3.63) is 65.9 Å². The molecule has 0 aliphatic rings. The third kappa shape index (κ3) is 2.69. The van der Waals surface area contributed by atoms with E-state index < -0.39 is 0 Å². The zero-order valence-corrected chi connectivity index (χ0v) is 12.0. The molecule has 0 spiro atoms. The SMILES string of the molecule is Cn1cc(/C=N/NC(=O)c2ccc(O)cc2)c2ccccc21. The minimum atomic E-state index is -0.323. The number of carbonyl (C=O) groups is 1. The summed E-state index contributed by atoms with van der Waals surface area (Å²) in [4.78, 5) is 11.9. The van der Waals surface area contributed by atoms with Crippen LogP contribution in [0.5, 0.6) is 5.75 Å². The molecule has 0 bridgehead atoms. The second-order valence-corrected chi connectivity index (χ2v) is 4.96. The van der Waals surface area contributed by atoms with E-state index in [1.54, 1.807) is 6.21 Å². The van der Waals surface area contributed by atoms with Gasteiger partial charge in [-0.25, -0.2) is 5.43 Å². The summed E-state index contributed by atoms with van der Waals surface area (Å²) in [7, 11) is 1.97. The number of fused-ring (bicyclic) bond motifs is 1. The van der Waals surface area contributed by atoms with E-state index in [1.807, 2.05) is 42.1 Å². The van der Waals surface area contributed by atoms with E-state index >= 15 is 0 Å². The van der Waals surface area contributed by atoms with Crippen LogP contribution in [-0.4, -0.2) is 21.8 Å². The normalized spacial score (nSPS) is 11.1. The summed E-state index contributed by atoms with van der Waals surface area (Å²) in [5.74, 6) is -0.202. The van der Waals surface area contributed by atoms with E-state index in [2.05, 4.69) is 10.5 Å². The average molecular weight is 293 g/mol. The van der Waals surface area contributed by atoms with Gasteiger partial charge in [0.2, 0.25) is 0 Å². The first-order valence-corrected chi connectivity index (χ1v) is 6.81. The molecule has 2 aromatic carbocycles. The van der Waals surface area contributed by atoms with E-state index in [1.165, 1.54) is 24.3 Å². The Labute approximate surface area is 127 Å². The van der Waals surface area contributed by atoms with Crippen molar-refractivity contribution < 1.29 is 9.90 Å². The molecular formula is C17H15N3O2. The lowest BCUT2D eigenvalue weighted by molar-refractivity contribution is 0.0955. The summed E-state index contributed by atoms with van der Waals surface area (Å²) in [5.41, 5.74) is 4.96. The lowest BCUT2D eigenvalue weighted by Crippen LogP contribution is -2.17. The number of amides is 1. The maximum atomic E-state index is 11.9. The molecule has 0 fully saturated rings. The van der Waals surface area contributed by atoms with Crippen LogP contribution in [-0.2, 0) is 7.05 Å². The Bertz CT molecular complexity index is 848. The fourth-order valence-electron chi connectivity index (χ4n) is 2.31. The highest BCUT2D eigenvalue weighted by Gasteiger charge is 2.05. The zero-order chi connectivity index (χ0) is 15.5. The molecule has 1 aromatic heterocycles. The predicted octanol–water partition coefficient (Wildman–Crippen LogP) is 2.65. The topological polar surface area (TPSA) is 66.6 Å². The number of phenolic OH excluding ortho intramolecular Hbond substituents is 1. The molecule has 0 radical (unpaired) electrons. The maximum Gasteiger partial charge on any atom is 0.271 e. The van der Waals surface area contributed by atoms with E-state index in [0.29, 0.717) is 5.56 Å². The van der Waals surface area contributed by atoms with Crippen LogP contribution in [0, 0.1) is 0 Å². The van der Waals surface area contributed by atoms with Crippen molar-refractivity contribution in [1.29, 1.82) is 0 Å². The van der Waals surface area contributed by atoms with Gasteiger partial charge in [-0.05, 0) is 30.3 Å². The third-order valence-corrected chi connectivity index (χ3v) is 3.43. The highest BCUT2D eigenvalue weighted by atomic mass is 16.3. The summed E-state index contributed by atoms with van der Waals surface area (Å²) >= 11 is 0. The van der Waals surface area contributed by atoms with Crippen LogP contribution in [0.15, 0.2) is 59.8 Å². The Morgan fingerprint density at radius 2 is 1.91 bits per heavy atom. The van der Waals surface area contributed by atoms with Gasteiger partial charge >= 0.3 is 0 Å². The quantitative estimate of drug-likeness (QED) is 0.576. The largest absolute Gasteiger partial charge is 0.508 e. The van der Waals surface area contributed by atoms with Crippen molar-refractivity contribution in [2.75, 3.05) is 0 Å². The summed E-state index contributed by atoms with van der Waals surface area (Å²) in [5, 5.41) is 14.3. The van der Waals surface area contributed by atoms with E-state index in [0.717, 1.165) is 16.5 Å². The van der Waals surface area contributed by atoms with Crippen LogP contribution in [0.3, 0.4) is 0 Å². The van der Waals surface area contributed by atoms with Gasteiger partial charge in [-0.1, -0.05) is 18.2 Å². The predicted molar refractivity (Wildman–Crippen MR) is 86.1 cm³/mol. The number of hydrogen-bond donors (Lipinski definition) is 2. The van der Waals surface area contributed by atoms with Gasteiger partial charge in [-0.15, -0.1) is 0 Å². The number of rotatable bonds is 3. The van der Waals surface area contributed by atoms with Crippen molar-refractivity contribution in [2.24, 2.45) is 12.1 Å². The van der Waals surface area contributed by atoms with Gasteiger partial charge in [-0.2, -0.15) is 5.10 Å². The van der Waals surface area contributed by atoms with E-state index in [4.69, 9.17) is 0 Å². The van der Waals surface area contributed by atoms with Gasteiger partial charge in [-0.3, -0.25) is 4.79 Å². The molecule has 0 saturated carbocycles. The van der Waals surface area contributed by atoms with Crippen molar-refractivity contribution >= 4 is 23.0 Å². The van der Waals surface area contributed by atoms with Crippen molar-refractivity contribution in [3.8, 4) is 5.75 Å². The number of hydrazone groups is 1. The highest BCUT2D eigenvalue weighted by Crippen LogP contribution is 2.18. The smallest absolute Gasteiger partial charge is 0.271 e. The molecule has 22 heavy (non-hydrogen) atoms. The van der Waals surface area contributed by atoms with Gasteiger partial charge < -0.3 is 9.67 Å². The molecular weight excluding hydrogens is 278 g/mol. The fraction of sp³-hybridized carbons (Fsp3) is 0.0588. The molecule has 3 rings (SSSR count). The molecule has 0 aliphatic heterocycles. The molecule has 1 amide bonds. The Hall–Kier alpha value is -3.08. The number of nitrogens with one attached hydrogen (secondary N) is 1.